The summed E-state index contributed by atoms with van der Waals surface area (Å²) in [6.45, 7) is 3.94. The van der Waals surface area contributed by atoms with Gasteiger partial charge >= 0.3 is 0 Å². The van der Waals surface area contributed by atoms with Crippen LogP contribution in [0.2, 0.25) is 0 Å². The third-order valence-corrected chi connectivity index (χ3v) is 4.31. The summed E-state index contributed by atoms with van der Waals surface area (Å²) in [6, 6.07) is 6.12. The molecule has 1 aromatic carbocycles. The van der Waals surface area contributed by atoms with Crippen molar-refractivity contribution in [2.75, 3.05) is 13.1 Å². The second-order valence-corrected chi connectivity index (χ2v) is 5.59. The van der Waals surface area contributed by atoms with Crippen LogP contribution in [-0.2, 0) is 0 Å². The zero-order valence-electron chi connectivity index (χ0n) is 10.3. The van der Waals surface area contributed by atoms with Gasteiger partial charge in [-0.25, -0.2) is 0 Å². The summed E-state index contributed by atoms with van der Waals surface area (Å²) in [5.41, 5.74) is 1.86. The summed E-state index contributed by atoms with van der Waals surface area (Å²) in [4.78, 5) is 12.1. The van der Waals surface area contributed by atoms with Crippen molar-refractivity contribution in [1.82, 2.24) is 10.6 Å². The standard InChI is InChI=1S/C13H17IN2O.ClH/c1-9-11(5-2-6-12(9)14)13(17)16-10-4-3-7-15-8-10;/h2,5-6,10,15H,3-4,7-8H2,1H3,(H,16,17);1H/t10-;/m0./s1. The van der Waals surface area contributed by atoms with E-state index in [0.717, 1.165) is 40.6 Å². The summed E-state index contributed by atoms with van der Waals surface area (Å²) in [5.74, 6) is 0.0507. The van der Waals surface area contributed by atoms with Crippen LogP contribution < -0.4 is 10.6 Å². The van der Waals surface area contributed by atoms with Crippen LogP contribution in [0.3, 0.4) is 0 Å². The minimum atomic E-state index is 0. The van der Waals surface area contributed by atoms with Gasteiger partial charge in [-0.3, -0.25) is 4.79 Å². The fraction of sp³-hybridized carbons (Fsp3) is 0.462. The van der Waals surface area contributed by atoms with Crippen LogP contribution >= 0.6 is 35.0 Å². The van der Waals surface area contributed by atoms with Gasteiger partial charge in [0.05, 0.1) is 0 Å². The molecule has 1 aliphatic heterocycles. The van der Waals surface area contributed by atoms with E-state index in [1.54, 1.807) is 0 Å². The molecule has 3 nitrogen and oxygen atoms in total. The molecule has 100 valence electrons. The molecule has 0 unspecified atom stereocenters. The highest BCUT2D eigenvalue weighted by Gasteiger charge is 2.17. The number of hydrogen-bond donors (Lipinski definition) is 2. The lowest BCUT2D eigenvalue weighted by atomic mass is 10.1. The van der Waals surface area contributed by atoms with Gasteiger partial charge in [0.25, 0.3) is 5.91 Å². The summed E-state index contributed by atoms with van der Waals surface area (Å²) < 4.78 is 1.14. The molecule has 1 amide bonds. The van der Waals surface area contributed by atoms with Crippen LogP contribution in [0.25, 0.3) is 0 Å². The summed E-state index contributed by atoms with van der Waals surface area (Å²) in [6.07, 6.45) is 2.21. The number of piperidine rings is 1. The van der Waals surface area contributed by atoms with Gasteiger partial charge in [0.15, 0.2) is 0 Å². The third kappa shape index (κ3) is 3.83. The highest BCUT2D eigenvalue weighted by molar-refractivity contribution is 14.1. The lowest BCUT2D eigenvalue weighted by Crippen LogP contribution is -2.45. The first-order chi connectivity index (χ1) is 8.18. The smallest absolute Gasteiger partial charge is 0.251 e. The molecule has 18 heavy (non-hydrogen) atoms. The molecule has 1 atom stereocenters. The molecule has 1 saturated heterocycles. The number of carbonyl (C=O) groups excluding carboxylic acids is 1. The molecular formula is C13H18ClIN2O. The molecule has 0 spiro atoms. The number of hydrogen-bond acceptors (Lipinski definition) is 2. The van der Waals surface area contributed by atoms with Gasteiger partial charge in [-0.1, -0.05) is 6.07 Å². The average molecular weight is 381 g/mol. The zero-order valence-corrected chi connectivity index (χ0v) is 13.3. The number of carbonyl (C=O) groups is 1. The van der Waals surface area contributed by atoms with Crippen molar-refractivity contribution in [3.63, 3.8) is 0 Å². The molecule has 0 aromatic heterocycles. The molecular weight excluding hydrogens is 363 g/mol. The maximum Gasteiger partial charge on any atom is 0.251 e. The molecule has 1 fully saturated rings. The Morgan fingerprint density at radius 1 is 1.50 bits per heavy atom. The molecule has 2 rings (SSSR count). The molecule has 1 heterocycles. The Morgan fingerprint density at radius 3 is 2.94 bits per heavy atom. The Labute approximate surface area is 128 Å². The number of halogens is 2. The normalized spacial score (nSPS) is 18.9. The van der Waals surface area contributed by atoms with Crippen molar-refractivity contribution in [2.24, 2.45) is 0 Å². The van der Waals surface area contributed by atoms with E-state index in [1.165, 1.54) is 0 Å². The van der Waals surface area contributed by atoms with Crippen molar-refractivity contribution in [3.05, 3.63) is 32.9 Å². The SMILES string of the molecule is Cc1c(I)cccc1C(=O)N[C@H]1CCCNC1.Cl. The van der Waals surface area contributed by atoms with Gasteiger partial charge in [-0.15, -0.1) is 12.4 Å². The number of amides is 1. The Morgan fingerprint density at radius 2 is 2.28 bits per heavy atom. The first kappa shape index (κ1) is 15.7. The first-order valence-corrected chi connectivity index (χ1v) is 7.03. The first-order valence-electron chi connectivity index (χ1n) is 5.95. The quantitative estimate of drug-likeness (QED) is 0.774. The highest BCUT2D eigenvalue weighted by Crippen LogP contribution is 2.16. The minimum Gasteiger partial charge on any atom is -0.348 e. The minimum absolute atomic E-state index is 0. The van der Waals surface area contributed by atoms with Crippen molar-refractivity contribution in [1.29, 1.82) is 0 Å². The number of benzene rings is 1. The van der Waals surface area contributed by atoms with Crippen molar-refractivity contribution in [3.8, 4) is 0 Å². The molecule has 1 aliphatic rings. The number of rotatable bonds is 2. The molecule has 0 saturated carbocycles. The van der Waals surface area contributed by atoms with E-state index in [4.69, 9.17) is 0 Å². The Bertz CT molecular complexity index is 419. The van der Waals surface area contributed by atoms with Crippen LogP contribution in [0.15, 0.2) is 18.2 Å². The van der Waals surface area contributed by atoms with Gasteiger partial charge in [0.2, 0.25) is 0 Å². The molecule has 0 bridgehead atoms. The molecule has 2 N–H and O–H groups in total. The van der Waals surface area contributed by atoms with E-state index in [1.807, 2.05) is 25.1 Å². The lowest BCUT2D eigenvalue weighted by molar-refractivity contribution is 0.0930. The molecule has 0 aliphatic carbocycles. The third-order valence-electron chi connectivity index (χ3n) is 3.14. The van der Waals surface area contributed by atoms with Crippen LogP contribution in [0.5, 0.6) is 0 Å². The van der Waals surface area contributed by atoms with Gasteiger partial charge in [0, 0.05) is 21.7 Å². The van der Waals surface area contributed by atoms with Crippen molar-refractivity contribution in [2.45, 2.75) is 25.8 Å². The Balaban J connectivity index is 0.00000162. The van der Waals surface area contributed by atoms with E-state index in [9.17, 15) is 4.79 Å². The monoisotopic (exact) mass is 380 g/mol. The van der Waals surface area contributed by atoms with E-state index >= 15 is 0 Å². The summed E-state index contributed by atoms with van der Waals surface area (Å²) >= 11 is 2.26. The Hall–Kier alpha value is -0.330. The van der Waals surface area contributed by atoms with Gasteiger partial charge in [0.1, 0.15) is 0 Å². The van der Waals surface area contributed by atoms with Gasteiger partial charge in [-0.05, 0) is 66.6 Å². The summed E-state index contributed by atoms with van der Waals surface area (Å²) in [7, 11) is 0. The van der Waals surface area contributed by atoms with E-state index in [0.29, 0.717) is 0 Å². The predicted molar refractivity (Wildman–Crippen MR) is 84.5 cm³/mol. The second kappa shape index (κ2) is 7.31. The van der Waals surface area contributed by atoms with Crippen molar-refractivity contribution < 1.29 is 4.79 Å². The van der Waals surface area contributed by atoms with Gasteiger partial charge < -0.3 is 10.6 Å². The second-order valence-electron chi connectivity index (χ2n) is 4.43. The van der Waals surface area contributed by atoms with Crippen LogP contribution in [0.1, 0.15) is 28.8 Å². The lowest BCUT2D eigenvalue weighted by Gasteiger charge is -2.24. The van der Waals surface area contributed by atoms with Crippen LogP contribution in [0, 0.1) is 10.5 Å². The zero-order chi connectivity index (χ0) is 12.3. The van der Waals surface area contributed by atoms with Gasteiger partial charge in [-0.2, -0.15) is 0 Å². The van der Waals surface area contributed by atoms with E-state index < -0.39 is 0 Å². The fourth-order valence-electron chi connectivity index (χ4n) is 2.09. The predicted octanol–water partition coefficient (Wildman–Crippen LogP) is 2.50. The summed E-state index contributed by atoms with van der Waals surface area (Å²) in [5, 5.41) is 6.40. The molecule has 0 radical (unpaired) electrons. The average Bonchev–Trinajstić information content (AvgIpc) is 2.34. The van der Waals surface area contributed by atoms with Crippen LogP contribution in [0.4, 0.5) is 0 Å². The van der Waals surface area contributed by atoms with E-state index in [-0.39, 0.29) is 24.4 Å². The fourth-order valence-corrected chi connectivity index (χ4v) is 2.59. The highest BCUT2D eigenvalue weighted by atomic mass is 127. The van der Waals surface area contributed by atoms with E-state index in [2.05, 4.69) is 33.2 Å². The van der Waals surface area contributed by atoms with Crippen molar-refractivity contribution >= 4 is 40.9 Å². The Kier molecular flexibility index (Phi) is 6.38. The molecule has 5 heteroatoms. The molecule has 1 aromatic rings. The topological polar surface area (TPSA) is 41.1 Å². The maximum atomic E-state index is 12.1. The van der Waals surface area contributed by atoms with Crippen LogP contribution in [-0.4, -0.2) is 25.0 Å². The largest absolute Gasteiger partial charge is 0.348 e. The maximum absolute atomic E-state index is 12.1. The number of nitrogens with one attached hydrogen (secondary N) is 2.